The van der Waals surface area contributed by atoms with E-state index in [2.05, 4.69) is 18.9 Å². The van der Waals surface area contributed by atoms with Gasteiger partial charge in [-0.05, 0) is 20.4 Å². The van der Waals surface area contributed by atoms with Gasteiger partial charge in [-0.15, -0.1) is 0 Å². The number of rotatable bonds is 0. The molecule has 2 heterocycles. The van der Waals surface area contributed by atoms with Crippen LogP contribution in [0.3, 0.4) is 0 Å². The molecule has 78 valence electrons. The van der Waals surface area contributed by atoms with Gasteiger partial charge in [0.25, 0.3) is 0 Å². The Labute approximate surface area is 81.0 Å². The topological polar surface area (TPSA) is 21.7 Å². The molecule has 2 aliphatic heterocycles. The van der Waals surface area contributed by atoms with Gasteiger partial charge in [0.05, 0.1) is 19.3 Å². The number of hydrogen-bond donors (Lipinski definition) is 0. The highest BCUT2D eigenvalue weighted by molar-refractivity contribution is 4.87. The summed E-state index contributed by atoms with van der Waals surface area (Å²) in [5, 5.41) is 0. The van der Waals surface area contributed by atoms with Crippen molar-refractivity contribution in [2.45, 2.75) is 45.6 Å². The number of hydrogen-bond acceptors (Lipinski definition) is 3. The lowest BCUT2D eigenvalue weighted by molar-refractivity contribution is -0.163. The third-order valence-electron chi connectivity index (χ3n) is 2.69. The fraction of sp³-hybridized carbons (Fsp3) is 1.00. The van der Waals surface area contributed by atoms with E-state index >= 15 is 0 Å². The van der Waals surface area contributed by atoms with Crippen LogP contribution in [0.5, 0.6) is 0 Å². The van der Waals surface area contributed by atoms with E-state index in [1.165, 1.54) is 0 Å². The number of ether oxygens (including phenoxy) is 2. The van der Waals surface area contributed by atoms with Crippen molar-refractivity contribution in [3.05, 3.63) is 0 Å². The third-order valence-corrected chi connectivity index (χ3v) is 2.69. The van der Waals surface area contributed by atoms with Gasteiger partial charge in [0.2, 0.25) is 0 Å². The lowest BCUT2D eigenvalue weighted by Crippen LogP contribution is -2.42. The maximum absolute atomic E-state index is 5.59. The maximum Gasteiger partial charge on any atom is 0.137 e. The van der Waals surface area contributed by atoms with Crippen LogP contribution in [-0.2, 0) is 9.47 Å². The molecular weight excluding hydrogens is 166 g/mol. The highest BCUT2D eigenvalue weighted by atomic mass is 16.6. The van der Waals surface area contributed by atoms with Crippen LogP contribution in [-0.4, -0.2) is 43.5 Å². The van der Waals surface area contributed by atoms with Gasteiger partial charge in [-0.3, -0.25) is 4.90 Å². The Bertz CT molecular complexity index is 152. The van der Waals surface area contributed by atoms with Gasteiger partial charge in [0.1, 0.15) is 6.23 Å². The van der Waals surface area contributed by atoms with E-state index in [0.29, 0.717) is 12.1 Å². The van der Waals surface area contributed by atoms with Gasteiger partial charge in [-0.25, -0.2) is 0 Å². The zero-order valence-corrected chi connectivity index (χ0v) is 9.12. The molecule has 3 heteroatoms. The lowest BCUT2D eigenvalue weighted by atomic mass is 10.2. The first-order valence-electron chi connectivity index (χ1n) is 5.24. The molecule has 0 radical (unpaired) electrons. The predicted molar refractivity (Wildman–Crippen MR) is 52.7 cm³/mol. The first-order chi connectivity index (χ1) is 6.29. The van der Waals surface area contributed by atoms with Crippen LogP contribution < -0.4 is 0 Å². The molecule has 2 fully saturated rings. The van der Waals surface area contributed by atoms with Crippen molar-refractivity contribution in [3.63, 3.8) is 0 Å². The molecule has 0 aromatic heterocycles. The zero-order chi connectivity index (χ0) is 9.84. The summed E-state index contributed by atoms with van der Waals surface area (Å²) in [4.78, 5) is 2.25. The first kappa shape index (κ1) is 11.0. The largest absolute Gasteiger partial charge is 0.372 e. The summed E-state index contributed by atoms with van der Waals surface area (Å²) < 4.78 is 11.2. The number of likely N-dealkylation sites (N-methyl/N-ethyl adjacent to an activating group) is 1. The molecule has 0 bridgehead atoms. The van der Waals surface area contributed by atoms with Gasteiger partial charge < -0.3 is 9.47 Å². The van der Waals surface area contributed by atoms with Crippen LogP contribution in [0.2, 0.25) is 0 Å². The van der Waals surface area contributed by atoms with Crippen molar-refractivity contribution in [2.24, 2.45) is 0 Å². The second-order valence-corrected chi connectivity index (χ2v) is 3.42. The minimum absolute atomic E-state index is 0.221. The van der Waals surface area contributed by atoms with Gasteiger partial charge in [-0.1, -0.05) is 13.8 Å². The van der Waals surface area contributed by atoms with Crippen molar-refractivity contribution in [1.82, 2.24) is 4.90 Å². The predicted octanol–water partition coefficient (Wildman–Crippen LogP) is 1.48. The highest BCUT2D eigenvalue weighted by Crippen LogP contribution is 2.27. The minimum atomic E-state index is 0.221. The fourth-order valence-electron chi connectivity index (χ4n) is 1.88. The molecule has 3 unspecified atom stereocenters. The Morgan fingerprint density at radius 1 is 1.15 bits per heavy atom. The van der Waals surface area contributed by atoms with Crippen molar-refractivity contribution in [1.29, 1.82) is 0 Å². The van der Waals surface area contributed by atoms with Crippen molar-refractivity contribution in [3.8, 4) is 0 Å². The summed E-state index contributed by atoms with van der Waals surface area (Å²) in [6.45, 7) is 7.73. The standard InChI is InChI=1S/C8H15NO2.C2H6/c1-6-5-7-8(9(6)2)11-4-3-10-7;1-2/h6-8H,3-5H2,1-2H3;1-2H3. The average Bonchev–Trinajstić information content (AvgIpc) is 2.47. The minimum Gasteiger partial charge on any atom is -0.372 e. The van der Waals surface area contributed by atoms with Gasteiger partial charge >= 0.3 is 0 Å². The summed E-state index contributed by atoms with van der Waals surface area (Å²) in [7, 11) is 2.10. The molecule has 0 N–H and O–H groups in total. The Morgan fingerprint density at radius 2 is 1.77 bits per heavy atom. The quantitative estimate of drug-likeness (QED) is 0.573. The number of likely N-dealkylation sites (tertiary alicyclic amines) is 1. The molecule has 0 aromatic carbocycles. The SMILES string of the molecule is CC.CC1CC2OCCOC2N1C. The van der Waals surface area contributed by atoms with Crippen molar-refractivity contribution >= 4 is 0 Å². The van der Waals surface area contributed by atoms with Crippen molar-refractivity contribution in [2.75, 3.05) is 20.3 Å². The summed E-state index contributed by atoms with van der Waals surface area (Å²) in [6, 6.07) is 0.600. The molecule has 2 aliphatic rings. The van der Waals surface area contributed by atoms with E-state index in [1.54, 1.807) is 0 Å². The Kier molecular flexibility index (Phi) is 4.16. The van der Waals surface area contributed by atoms with Gasteiger partial charge in [-0.2, -0.15) is 0 Å². The van der Waals surface area contributed by atoms with Crippen LogP contribution in [0.25, 0.3) is 0 Å². The molecule has 2 saturated heterocycles. The van der Waals surface area contributed by atoms with E-state index in [9.17, 15) is 0 Å². The van der Waals surface area contributed by atoms with Crippen LogP contribution in [0.4, 0.5) is 0 Å². The first-order valence-corrected chi connectivity index (χ1v) is 5.24. The second kappa shape index (κ2) is 4.94. The number of fused-ring (bicyclic) bond motifs is 1. The maximum atomic E-state index is 5.59. The van der Waals surface area contributed by atoms with Gasteiger partial charge in [0, 0.05) is 6.04 Å². The average molecular weight is 187 g/mol. The summed E-state index contributed by atoms with van der Waals surface area (Å²) in [6.07, 6.45) is 1.66. The third kappa shape index (κ3) is 2.22. The monoisotopic (exact) mass is 187 g/mol. The Morgan fingerprint density at radius 3 is 2.38 bits per heavy atom. The van der Waals surface area contributed by atoms with E-state index in [0.717, 1.165) is 19.6 Å². The van der Waals surface area contributed by atoms with E-state index in [-0.39, 0.29) is 6.23 Å². The van der Waals surface area contributed by atoms with Crippen LogP contribution in [0.15, 0.2) is 0 Å². The van der Waals surface area contributed by atoms with Crippen LogP contribution in [0.1, 0.15) is 27.2 Å². The molecule has 3 atom stereocenters. The smallest absolute Gasteiger partial charge is 0.137 e. The van der Waals surface area contributed by atoms with Crippen molar-refractivity contribution < 1.29 is 9.47 Å². The summed E-state index contributed by atoms with van der Waals surface area (Å²) >= 11 is 0. The molecule has 0 aromatic rings. The molecule has 0 amide bonds. The summed E-state index contributed by atoms with van der Waals surface area (Å²) in [5.74, 6) is 0. The molecule has 3 nitrogen and oxygen atoms in total. The normalized spacial score (nSPS) is 39.2. The Hall–Kier alpha value is -0.120. The molecule has 0 aliphatic carbocycles. The van der Waals surface area contributed by atoms with E-state index < -0.39 is 0 Å². The molecule has 0 saturated carbocycles. The van der Waals surface area contributed by atoms with E-state index in [1.807, 2.05) is 13.8 Å². The van der Waals surface area contributed by atoms with Crippen LogP contribution in [0, 0.1) is 0 Å². The second-order valence-electron chi connectivity index (χ2n) is 3.42. The number of nitrogens with zero attached hydrogens (tertiary/aromatic N) is 1. The molecule has 0 spiro atoms. The highest BCUT2D eigenvalue weighted by Gasteiger charge is 2.39. The zero-order valence-electron chi connectivity index (χ0n) is 9.12. The van der Waals surface area contributed by atoms with E-state index in [4.69, 9.17) is 9.47 Å². The lowest BCUT2D eigenvalue weighted by Gasteiger charge is -2.30. The van der Waals surface area contributed by atoms with Crippen LogP contribution >= 0.6 is 0 Å². The molecular formula is C10H21NO2. The molecule has 2 rings (SSSR count). The molecule has 13 heavy (non-hydrogen) atoms. The Balaban J connectivity index is 0.000000396. The fourth-order valence-corrected chi connectivity index (χ4v) is 1.88. The summed E-state index contributed by atoms with van der Waals surface area (Å²) in [5.41, 5.74) is 0. The van der Waals surface area contributed by atoms with Gasteiger partial charge in [0.15, 0.2) is 0 Å².